The van der Waals surface area contributed by atoms with E-state index in [1.54, 1.807) is 0 Å². The molecule has 0 saturated carbocycles. The molecule has 0 radical (unpaired) electrons. The molecule has 0 spiro atoms. The quantitative estimate of drug-likeness (QED) is 0.733. The number of nitrogens with zero attached hydrogens (tertiary/aromatic N) is 3. The average Bonchev–Trinajstić information content (AvgIpc) is 2.95. The molecule has 0 aromatic heterocycles. The number of rotatable bonds is 2. The number of hydrogen-bond donors (Lipinski definition) is 0. The molecule has 4 unspecified atom stereocenters. The van der Waals surface area contributed by atoms with Crippen molar-refractivity contribution in [1.82, 2.24) is 5.01 Å². The molecular formula is C11H15N3O4. The summed E-state index contributed by atoms with van der Waals surface area (Å²) in [7, 11) is 0. The monoisotopic (exact) mass is 253 g/mol. The Morgan fingerprint density at radius 1 is 1.61 bits per heavy atom. The highest BCUT2D eigenvalue weighted by Crippen LogP contribution is 2.40. The smallest absolute Gasteiger partial charge is 0.432 e. The van der Waals surface area contributed by atoms with Crippen LogP contribution in [0.4, 0.5) is 4.79 Å². The fourth-order valence-corrected chi connectivity index (χ4v) is 2.57. The predicted molar refractivity (Wildman–Crippen MR) is 58.7 cm³/mol. The van der Waals surface area contributed by atoms with E-state index in [0.29, 0.717) is 13.0 Å². The summed E-state index contributed by atoms with van der Waals surface area (Å²) in [5, 5.41) is 9.02. The van der Waals surface area contributed by atoms with Crippen LogP contribution in [0.5, 0.6) is 0 Å². The van der Waals surface area contributed by atoms with Crippen molar-refractivity contribution in [2.24, 2.45) is 16.3 Å². The third-order valence-corrected chi connectivity index (χ3v) is 3.37. The minimum Gasteiger partial charge on any atom is -0.448 e. The third kappa shape index (κ3) is 1.61. The molecule has 2 fully saturated rings. The molecule has 4 atom stereocenters. The van der Waals surface area contributed by atoms with E-state index in [9.17, 15) is 9.59 Å². The summed E-state index contributed by atoms with van der Waals surface area (Å²) in [6, 6.07) is -0.616. The first-order valence-electron chi connectivity index (χ1n) is 6.13. The minimum atomic E-state index is -0.522. The first-order valence-corrected chi connectivity index (χ1v) is 6.13. The van der Waals surface area contributed by atoms with Gasteiger partial charge < -0.3 is 9.47 Å². The van der Waals surface area contributed by atoms with Gasteiger partial charge in [0.05, 0.1) is 12.7 Å². The van der Waals surface area contributed by atoms with Crippen LogP contribution in [0.15, 0.2) is 10.3 Å². The van der Waals surface area contributed by atoms with Gasteiger partial charge in [0.25, 0.3) is 0 Å². The van der Waals surface area contributed by atoms with Crippen LogP contribution < -0.4 is 0 Å². The summed E-state index contributed by atoms with van der Waals surface area (Å²) in [5.74, 6) is 0.319. The Kier molecular flexibility index (Phi) is 2.58. The summed E-state index contributed by atoms with van der Waals surface area (Å²) in [4.78, 5) is 23.4. The van der Waals surface area contributed by atoms with Gasteiger partial charge in [0.15, 0.2) is 5.78 Å². The highest BCUT2D eigenvalue weighted by Gasteiger charge is 2.60. The molecule has 3 heterocycles. The van der Waals surface area contributed by atoms with Crippen molar-refractivity contribution in [3.05, 3.63) is 0 Å². The highest BCUT2D eigenvalue weighted by molar-refractivity contribution is 5.88. The number of carbonyl (C=O) groups is 2. The van der Waals surface area contributed by atoms with Crippen LogP contribution in [0.1, 0.15) is 20.3 Å². The number of ether oxygens (including phenoxy) is 2. The summed E-state index contributed by atoms with van der Waals surface area (Å²) < 4.78 is 10.6. The Balaban J connectivity index is 1.68. The van der Waals surface area contributed by atoms with Crippen LogP contribution >= 0.6 is 0 Å². The van der Waals surface area contributed by atoms with Crippen molar-refractivity contribution >= 4 is 11.9 Å². The molecule has 2 bridgehead atoms. The lowest BCUT2D eigenvalue weighted by Crippen LogP contribution is -2.48. The van der Waals surface area contributed by atoms with Gasteiger partial charge in [-0.15, -0.1) is 0 Å². The van der Waals surface area contributed by atoms with Gasteiger partial charge in [-0.05, 0) is 5.92 Å². The molecule has 98 valence electrons. The van der Waals surface area contributed by atoms with E-state index in [1.807, 2.05) is 13.8 Å². The van der Waals surface area contributed by atoms with E-state index in [4.69, 9.17) is 9.47 Å². The van der Waals surface area contributed by atoms with Gasteiger partial charge in [0, 0.05) is 6.42 Å². The fraction of sp³-hybridized carbons (Fsp3) is 0.818. The summed E-state index contributed by atoms with van der Waals surface area (Å²) in [6.45, 7) is 4.26. The number of amides is 1. The molecule has 7 nitrogen and oxygen atoms in total. The van der Waals surface area contributed by atoms with Crippen LogP contribution in [0.2, 0.25) is 0 Å². The first-order chi connectivity index (χ1) is 8.58. The largest absolute Gasteiger partial charge is 0.448 e. The number of fused-ring (bicyclic) bond motifs is 5. The Labute approximate surface area is 104 Å². The second-order valence-electron chi connectivity index (χ2n) is 5.27. The van der Waals surface area contributed by atoms with E-state index < -0.39 is 12.2 Å². The van der Waals surface area contributed by atoms with Gasteiger partial charge in [-0.2, -0.15) is 10.1 Å². The number of ketones is 1. The molecule has 7 heteroatoms. The lowest BCUT2D eigenvalue weighted by molar-refractivity contribution is -0.122. The van der Waals surface area contributed by atoms with Gasteiger partial charge in [-0.25, -0.2) is 4.79 Å². The molecule has 2 saturated heterocycles. The maximum Gasteiger partial charge on any atom is 0.432 e. The molecular weight excluding hydrogens is 238 g/mol. The Morgan fingerprint density at radius 2 is 2.39 bits per heavy atom. The summed E-state index contributed by atoms with van der Waals surface area (Å²) >= 11 is 0. The molecule has 3 aliphatic heterocycles. The van der Waals surface area contributed by atoms with Gasteiger partial charge in [-0.3, -0.25) is 4.79 Å². The van der Waals surface area contributed by atoms with E-state index >= 15 is 0 Å². The van der Waals surface area contributed by atoms with Crippen molar-refractivity contribution in [2.45, 2.75) is 44.6 Å². The van der Waals surface area contributed by atoms with Gasteiger partial charge in [0.1, 0.15) is 18.2 Å². The third-order valence-electron chi connectivity index (χ3n) is 3.37. The van der Waals surface area contributed by atoms with Crippen molar-refractivity contribution < 1.29 is 19.1 Å². The van der Waals surface area contributed by atoms with Gasteiger partial charge in [-0.1, -0.05) is 19.1 Å². The molecule has 3 rings (SSSR count). The second-order valence-corrected chi connectivity index (χ2v) is 5.27. The minimum absolute atomic E-state index is 0.0533. The number of Topliss-reactive ketones (excluding diaryl/α,β-unsaturated/α-hetero) is 1. The molecule has 0 aromatic rings. The molecule has 18 heavy (non-hydrogen) atoms. The van der Waals surface area contributed by atoms with Crippen LogP contribution in [-0.4, -0.2) is 47.8 Å². The topological polar surface area (TPSA) is 80.6 Å². The highest BCUT2D eigenvalue weighted by atomic mass is 16.6. The van der Waals surface area contributed by atoms with Crippen molar-refractivity contribution in [3.8, 4) is 0 Å². The molecule has 3 aliphatic rings. The zero-order valence-corrected chi connectivity index (χ0v) is 10.3. The molecule has 0 aromatic carbocycles. The van der Waals surface area contributed by atoms with E-state index in [0.717, 1.165) is 0 Å². The van der Waals surface area contributed by atoms with Crippen LogP contribution in [0, 0.1) is 5.92 Å². The SMILES string of the molecule is CC(C)COC(=O)N1N=NC2C3OC(CC3=O)C21. The Bertz CT molecular complexity index is 423. The normalized spacial score (nSPS) is 36.6. The number of hydrogen-bond acceptors (Lipinski definition) is 6. The van der Waals surface area contributed by atoms with Crippen LogP contribution in [0.25, 0.3) is 0 Å². The maximum absolute atomic E-state index is 11.9. The average molecular weight is 253 g/mol. The molecule has 1 amide bonds. The molecule has 0 aliphatic carbocycles. The van der Waals surface area contributed by atoms with Crippen LogP contribution in [0.3, 0.4) is 0 Å². The first kappa shape index (κ1) is 11.6. The number of carbonyl (C=O) groups excluding carboxylic acids is 2. The van der Waals surface area contributed by atoms with E-state index in [-0.39, 0.29) is 29.9 Å². The van der Waals surface area contributed by atoms with Gasteiger partial charge >= 0.3 is 6.09 Å². The predicted octanol–water partition coefficient (Wildman–Crippen LogP) is 0.939. The second kappa shape index (κ2) is 4.01. The zero-order chi connectivity index (χ0) is 12.9. The Morgan fingerprint density at radius 3 is 3.11 bits per heavy atom. The van der Waals surface area contributed by atoms with E-state index in [2.05, 4.69) is 10.3 Å². The van der Waals surface area contributed by atoms with Gasteiger partial charge in [0.2, 0.25) is 0 Å². The van der Waals surface area contributed by atoms with Crippen molar-refractivity contribution in [1.29, 1.82) is 0 Å². The van der Waals surface area contributed by atoms with Crippen molar-refractivity contribution in [2.75, 3.05) is 6.61 Å². The standard InChI is InChI=1S/C11H15N3O4/c1-5(2)4-17-11(16)14-9-7-3-6(15)10(18-7)8(9)12-13-14/h5,7-10H,3-4H2,1-2H3. The van der Waals surface area contributed by atoms with Crippen molar-refractivity contribution in [3.63, 3.8) is 0 Å². The Hall–Kier alpha value is -1.50. The van der Waals surface area contributed by atoms with E-state index in [1.165, 1.54) is 5.01 Å². The lowest BCUT2D eigenvalue weighted by atomic mass is 9.90. The summed E-state index contributed by atoms with van der Waals surface area (Å²) in [5.41, 5.74) is 0. The maximum atomic E-state index is 11.9. The summed E-state index contributed by atoms with van der Waals surface area (Å²) in [6.07, 6.45) is -0.977. The lowest BCUT2D eigenvalue weighted by Gasteiger charge is -2.24. The fourth-order valence-electron chi connectivity index (χ4n) is 2.57. The van der Waals surface area contributed by atoms with Crippen LogP contribution in [-0.2, 0) is 14.3 Å². The zero-order valence-electron chi connectivity index (χ0n) is 10.3. The molecule has 0 N–H and O–H groups in total.